The maximum atomic E-state index is 14.1. The summed E-state index contributed by atoms with van der Waals surface area (Å²) in [6, 6.07) is 0. The lowest BCUT2D eigenvalue weighted by Gasteiger charge is -2.63. The van der Waals surface area contributed by atoms with Crippen LogP contribution in [0.5, 0.6) is 0 Å². The van der Waals surface area contributed by atoms with Gasteiger partial charge in [0.15, 0.2) is 13.2 Å². The molecule has 23 aliphatic carbocycles. The molecule has 138 heavy (non-hydrogen) atoms. The van der Waals surface area contributed by atoms with Gasteiger partial charge in [0.25, 0.3) is 0 Å². The molecule has 0 aromatic carbocycles. The number of hydrogen-bond donors (Lipinski definition) is 0. The van der Waals surface area contributed by atoms with Crippen molar-refractivity contribution in [1.29, 1.82) is 0 Å². The van der Waals surface area contributed by atoms with E-state index < -0.39 is 88.9 Å². The van der Waals surface area contributed by atoms with Crippen molar-refractivity contribution < 1.29 is 95.3 Å². The molecule has 23 rings (SSSR count). The lowest BCUT2D eigenvalue weighted by Crippen LogP contribution is -2.63. The van der Waals surface area contributed by atoms with Crippen LogP contribution < -0.4 is 0 Å². The van der Waals surface area contributed by atoms with E-state index in [0.717, 1.165) is 190 Å². The van der Waals surface area contributed by atoms with Gasteiger partial charge in [-0.1, -0.05) is 93.4 Å². The molecule has 0 heterocycles. The monoisotopic (exact) mass is 1930 g/mol. The second-order valence-electron chi connectivity index (χ2n) is 55.2. The van der Waals surface area contributed by atoms with Crippen LogP contribution in [-0.4, -0.2) is 118 Å². The van der Waals surface area contributed by atoms with Crippen LogP contribution in [0.1, 0.15) is 487 Å². The Morgan fingerprint density at radius 3 is 0.920 bits per heavy atom. The molecule has 20 nitrogen and oxygen atoms in total. The fraction of sp³-hybridized carbons (Fsp3) is 0.915. The van der Waals surface area contributed by atoms with Crippen LogP contribution >= 0.6 is 0 Å². The average molecular weight is 1930 g/mol. The third-order valence-electron chi connectivity index (χ3n) is 41.9. The summed E-state index contributed by atoms with van der Waals surface area (Å²) in [7, 11) is 0. The fourth-order valence-electron chi connectivity index (χ4n) is 32.7. The summed E-state index contributed by atoms with van der Waals surface area (Å²) < 4.78 is 60.2. The molecule has 0 spiro atoms. The first-order valence-electron chi connectivity index (χ1n) is 56.7. The lowest BCUT2D eigenvalue weighted by atomic mass is 9.45. The highest BCUT2D eigenvalue weighted by molar-refractivity contribution is 5.83. The Kier molecular flexibility index (Phi) is 32.1. The van der Waals surface area contributed by atoms with E-state index in [1.165, 1.54) is 135 Å². The summed E-state index contributed by atoms with van der Waals surface area (Å²) in [5.74, 6) is 7.37. The highest BCUT2D eigenvalue weighted by atomic mass is 16.6. The summed E-state index contributed by atoms with van der Waals surface area (Å²) in [5, 5.41) is 0. The predicted molar refractivity (Wildman–Crippen MR) is 533 cm³/mol. The van der Waals surface area contributed by atoms with E-state index in [2.05, 4.69) is 41.5 Å². The normalized spacial score (nSPS) is 36.5. The zero-order valence-electron chi connectivity index (χ0n) is 90.8. The first kappa shape index (κ1) is 108. The standard InChI is InChI=1S/C30H46O4.C28H42O4.C24H38O4.C19H34O4.C17H30O4/c1-6-26(2,3)24(31)34-30-16-22-10-23(17-30)12-28(11-22,18-30)25(32)33-27(4,5)29-13-19-7-20(14-29)9-21(8-19)15-29;1-5-25(2,3)23(29)32-28-14-19-7-20(15-28)13-27(12-19,16-28)24(30)31-26(4)21-8-17-6-18(10-21)11-22(26)9-17;1-5-21(2,3)19(25)28-24-14-17-11-18(15-24)13-23(12-17,16-24)20(26)27-22(4)9-7-6-8-10-22;1-6-18(4,5)17(21)22-14-16(20)23-19(7-2,8-3)15-12-10-9-11-13-15;1-6-16(2,3)15(19)20-12-14(18)21-17(4,5)13-10-8-7-9-11-13/h19-23H,6-18H2,1-5H3;17-22H,5-16H2,1-4H3;17-18H,5-16H2,1-4H3;15H,6-14H2,1-5H3;13H,6-12H2,1-5H3. The Balaban J connectivity index is 0.000000139. The second-order valence-corrected chi connectivity index (χ2v) is 55.2. The molecule has 6 unspecified atom stereocenters. The van der Waals surface area contributed by atoms with Crippen molar-refractivity contribution in [2.75, 3.05) is 13.2 Å². The molecular formula is C118H190O20. The average Bonchev–Trinajstić information content (AvgIpc) is 0.705. The van der Waals surface area contributed by atoms with E-state index in [-0.39, 0.29) is 77.6 Å². The number of carbonyl (C=O) groups excluding carboxylic acids is 10. The molecule has 0 amide bonds. The van der Waals surface area contributed by atoms with E-state index in [1.54, 1.807) is 0 Å². The number of esters is 10. The van der Waals surface area contributed by atoms with Crippen LogP contribution in [0.25, 0.3) is 0 Å². The van der Waals surface area contributed by atoms with Crippen molar-refractivity contribution in [3.8, 4) is 0 Å². The van der Waals surface area contributed by atoms with E-state index in [1.807, 2.05) is 118 Å². The van der Waals surface area contributed by atoms with Gasteiger partial charge in [0.1, 0.15) is 44.8 Å². The van der Waals surface area contributed by atoms with E-state index in [9.17, 15) is 47.9 Å². The summed E-state index contributed by atoms with van der Waals surface area (Å²) in [5.41, 5.74) is -6.91. The molecule has 0 aromatic heterocycles. The second kappa shape index (κ2) is 40.8. The lowest BCUT2D eigenvalue weighted by molar-refractivity contribution is -0.238. The molecule has 6 atom stereocenters. The largest absolute Gasteiger partial charge is 0.459 e. The van der Waals surface area contributed by atoms with Crippen molar-refractivity contribution in [3.05, 3.63) is 0 Å². The summed E-state index contributed by atoms with van der Waals surface area (Å²) in [6.07, 6.45) is 53.7. The van der Waals surface area contributed by atoms with Crippen LogP contribution in [0.2, 0.25) is 0 Å². The van der Waals surface area contributed by atoms with E-state index in [4.69, 9.17) is 47.4 Å². The molecular weight excluding hydrogens is 1740 g/mol. The Morgan fingerprint density at radius 2 is 0.580 bits per heavy atom. The molecule has 0 aromatic rings. The first-order chi connectivity index (χ1) is 64.5. The molecule has 782 valence electrons. The molecule has 20 bridgehead atoms. The van der Waals surface area contributed by atoms with Gasteiger partial charge in [0.2, 0.25) is 0 Å². The van der Waals surface area contributed by atoms with Gasteiger partial charge in [-0.2, -0.15) is 0 Å². The molecule has 0 N–H and O–H groups in total. The quantitative estimate of drug-likeness (QED) is 0.0478. The molecule has 0 radical (unpaired) electrons. The van der Waals surface area contributed by atoms with Gasteiger partial charge in [-0.05, 0) is 463 Å². The zero-order chi connectivity index (χ0) is 100. The summed E-state index contributed by atoms with van der Waals surface area (Å²) in [6.45, 7) is 45.4. The van der Waals surface area contributed by atoms with E-state index in [0.29, 0.717) is 91.3 Å². The van der Waals surface area contributed by atoms with Crippen molar-refractivity contribution in [2.24, 2.45) is 138 Å². The number of rotatable bonds is 30. The third kappa shape index (κ3) is 22.9. The van der Waals surface area contributed by atoms with Gasteiger partial charge in [0, 0.05) is 24.7 Å². The topological polar surface area (TPSA) is 263 Å². The van der Waals surface area contributed by atoms with Crippen molar-refractivity contribution in [3.63, 3.8) is 0 Å². The Bertz CT molecular complexity index is 4220. The molecule has 23 fully saturated rings. The maximum absolute atomic E-state index is 14.1. The van der Waals surface area contributed by atoms with Crippen LogP contribution in [0.4, 0.5) is 0 Å². The van der Waals surface area contributed by atoms with Crippen LogP contribution in [0.15, 0.2) is 0 Å². The van der Waals surface area contributed by atoms with Gasteiger partial charge in [-0.15, -0.1) is 0 Å². The third-order valence-corrected chi connectivity index (χ3v) is 41.9. The minimum atomic E-state index is -0.559. The number of carbonyl (C=O) groups is 10. The Labute approximate surface area is 832 Å². The fourth-order valence-corrected chi connectivity index (χ4v) is 32.7. The highest BCUT2D eigenvalue weighted by Crippen LogP contribution is 2.71. The molecule has 20 heteroatoms. The molecule has 0 aliphatic heterocycles. The maximum Gasteiger partial charge on any atom is 0.344 e. The molecule has 23 aliphatic rings. The van der Waals surface area contributed by atoms with Gasteiger partial charge < -0.3 is 47.4 Å². The number of hydrogen-bond acceptors (Lipinski definition) is 20. The van der Waals surface area contributed by atoms with Crippen LogP contribution in [-0.2, 0) is 95.3 Å². The SMILES string of the molecule is CCC(C)(C)C(=O)OC12CC3CC(C1)CC(C(=O)OC(C)(C)C14CC5CC(CC(C5)C1)C4)(C3)C2.CCC(C)(C)C(=O)OC12CC3CC(C1)CC(C(=O)OC1(C)C4CC5CC(C4)CC1C5)(C3)C2.CCC(C)(C)C(=O)OC12CC3CC(C1)CC(C(=O)OC1(C)CCCCC1)(C3)C2.CCC(C)(C)C(=O)OCC(=O)OC(C)(C)C1CCCCC1.CCC(C)(C)C(=O)OCC(=O)OC(CC)(CC)C1CCCCC1. The van der Waals surface area contributed by atoms with Crippen LogP contribution in [0, 0.1) is 138 Å². The molecule has 23 saturated carbocycles. The number of ether oxygens (including phenoxy) is 10. The van der Waals surface area contributed by atoms with E-state index >= 15 is 0 Å². The smallest absolute Gasteiger partial charge is 0.344 e. The minimum Gasteiger partial charge on any atom is -0.459 e. The highest BCUT2D eigenvalue weighted by Gasteiger charge is 2.70. The van der Waals surface area contributed by atoms with Gasteiger partial charge >= 0.3 is 59.7 Å². The minimum absolute atomic E-state index is 0.00109. The predicted octanol–water partition coefficient (Wildman–Crippen LogP) is 27.0. The van der Waals surface area contributed by atoms with Crippen molar-refractivity contribution in [2.45, 2.75) is 532 Å². The Hall–Kier alpha value is -5.30. The van der Waals surface area contributed by atoms with Gasteiger partial charge in [-0.25, -0.2) is 9.59 Å². The first-order valence-corrected chi connectivity index (χ1v) is 56.7. The van der Waals surface area contributed by atoms with Gasteiger partial charge in [-0.3, -0.25) is 38.4 Å². The summed E-state index contributed by atoms with van der Waals surface area (Å²) in [4.78, 5) is 129. The van der Waals surface area contributed by atoms with Crippen molar-refractivity contribution >= 4 is 59.7 Å². The Morgan fingerprint density at radius 1 is 0.283 bits per heavy atom. The summed E-state index contributed by atoms with van der Waals surface area (Å²) >= 11 is 0. The van der Waals surface area contributed by atoms with Crippen LogP contribution in [0.3, 0.4) is 0 Å². The van der Waals surface area contributed by atoms with Gasteiger partial charge in [0.05, 0.1) is 43.3 Å². The molecule has 0 saturated heterocycles. The zero-order valence-corrected chi connectivity index (χ0v) is 90.8. The van der Waals surface area contributed by atoms with Crippen molar-refractivity contribution in [1.82, 2.24) is 0 Å².